The molecule has 0 radical (unpaired) electrons. The number of benzene rings is 2. The van der Waals surface area contributed by atoms with Gasteiger partial charge in [-0.25, -0.2) is 0 Å². The van der Waals surface area contributed by atoms with Crippen LogP contribution in [0, 0.1) is 0 Å². The van der Waals surface area contributed by atoms with Crippen molar-refractivity contribution in [3.63, 3.8) is 0 Å². The van der Waals surface area contributed by atoms with Crippen LogP contribution in [0.4, 0.5) is 0 Å². The SMILES string of the molecule is CN1C(=O)C[C@H](c2ccccc2)[C@@H]1C(O)c1ccc(-c2ccc(Cl)cc2)s1. The summed E-state index contributed by atoms with van der Waals surface area (Å²) >= 11 is 7.53. The molecule has 0 spiro atoms. The standard InChI is InChI=1S/C22H20ClNO2S/c1-24-20(25)13-17(14-5-3-2-4-6-14)21(24)22(26)19-12-11-18(27-19)15-7-9-16(23)10-8-15/h2-12,17,21-22,26H,13H2,1H3/t17-,21-,22?/m1/s1. The average Bonchev–Trinajstić information content (AvgIpc) is 3.28. The Morgan fingerprint density at radius 2 is 1.78 bits per heavy atom. The van der Waals surface area contributed by atoms with Gasteiger partial charge in [-0.1, -0.05) is 54.1 Å². The van der Waals surface area contributed by atoms with Crippen LogP contribution in [-0.4, -0.2) is 29.0 Å². The van der Waals surface area contributed by atoms with Crippen LogP contribution in [0.1, 0.15) is 28.9 Å². The van der Waals surface area contributed by atoms with E-state index < -0.39 is 6.10 Å². The zero-order valence-corrected chi connectivity index (χ0v) is 16.5. The topological polar surface area (TPSA) is 40.5 Å². The highest BCUT2D eigenvalue weighted by molar-refractivity contribution is 7.15. The van der Waals surface area contributed by atoms with Crippen molar-refractivity contribution >= 4 is 28.8 Å². The van der Waals surface area contributed by atoms with E-state index in [4.69, 9.17) is 11.6 Å². The van der Waals surface area contributed by atoms with Crippen LogP contribution >= 0.6 is 22.9 Å². The fraction of sp³-hybridized carbons (Fsp3) is 0.227. The molecular weight excluding hydrogens is 378 g/mol. The lowest BCUT2D eigenvalue weighted by atomic mass is 9.88. The van der Waals surface area contributed by atoms with Gasteiger partial charge < -0.3 is 10.0 Å². The summed E-state index contributed by atoms with van der Waals surface area (Å²) in [6.07, 6.45) is -0.296. The molecule has 1 fully saturated rings. The Balaban J connectivity index is 1.63. The van der Waals surface area contributed by atoms with Crippen LogP contribution in [-0.2, 0) is 4.79 Å². The molecule has 3 aromatic rings. The smallest absolute Gasteiger partial charge is 0.223 e. The minimum Gasteiger partial charge on any atom is -0.385 e. The summed E-state index contributed by atoms with van der Waals surface area (Å²) < 4.78 is 0. The van der Waals surface area contributed by atoms with Crippen LogP contribution in [0.3, 0.4) is 0 Å². The number of likely N-dealkylation sites (N-methyl/N-ethyl adjacent to an activating group) is 1. The summed E-state index contributed by atoms with van der Waals surface area (Å²) in [4.78, 5) is 16.0. The quantitative estimate of drug-likeness (QED) is 0.664. The van der Waals surface area contributed by atoms with Gasteiger partial charge in [0.15, 0.2) is 0 Å². The van der Waals surface area contributed by atoms with Crippen LogP contribution < -0.4 is 0 Å². The monoisotopic (exact) mass is 397 g/mol. The van der Waals surface area contributed by atoms with Gasteiger partial charge in [0.2, 0.25) is 5.91 Å². The Kier molecular flexibility index (Phi) is 5.04. The minimum absolute atomic E-state index is 0.0141. The Morgan fingerprint density at radius 1 is 1.07 bits per heavy atom. The molecule has 0 aliphatic carbocycles. The van der Waals surface area contributed by atoms with Gasteiger partial charge in [-0.2, -0.15) is 0 Å². The zero-order valence-electron chi connectivity index (χ0n) is 14.9. The number of hydrogen-bond acceptors (Lipinski definition) is 3. The fourth-order valence-corrected chi connectivity index (χ4v) is 4.95. The van der Waals surface area contributed by atoms with Crippen LogP contribution in [0.2, 0.25) is 5.02 Å². The first-order chi connectivity index (χ1) is 13.0. The van der Waals surface area contributed by atoms with E-state index in [1.165, 1.54) is 0 Å². The molecule has 2 aromatic carbocycles. The molecule has 1 aliphatic rings. The van der Waals surface area contributed by atoms with Crippen molar-refractivity contribution in [1.29, 1.82) is 0 Å². The van der Waals surface area contributed by atoms with Gasteiger partial charge in [-0.05, 0) is 35.4 Å². The molecule has 5 heteroatoms. The van der Waals surface area contributed by atoms with Gasteiger partial charge in [0.25, 0.3) is 0 Å². The Hall–Kier alpha value is -2.14. The van der Waals surface area contributed by atoms with Crippen molar-refractivity contribution in [2.24, 2.45) is 0 Å². The second-order valence-electron chi connectivity index (χ2n) is 6.87. The van der Waals surface area contributed by atoms with Crippen LogP contribution in [0.25, 0.3) is 10.4 Å². The van der Waals surface area contributed by atoms with Gasteiger partial charge in [0.05, 0.1) is 6.04 Å². The van der Waals surface area contributed by atoms with Crippen LogP contribution in [0.15, 0.2) is 66.7 Å². The van der Waals surface area contributed by atoms with E-state index in [1.807, 2.05) is 66.7 Å². The molecule has 27 heavy (non-hydrogen) atoms. The maximum atomic E-state index is 12.4. The summed E-state index contributed by atoms with van der Waals surface area (Å²) in [7, 11) is 1.78. The summed E-state index contributed by atoms with van der Waals surface area (Å²) in [6, 6.07) is 21.4. The zero-order chi connectivity index (χ0) is 19.0. The summed E-state index contributed by atoms with van der Waals surface area (Å²) in [5, 5.41) is 11.8. The molecule has 1 aliphatic heterocycles. The fourth-order valence-electron chi connectivity index (χ4n) is 3.79. The molecular formula is C22H20ClNO2S. The molecule has 4 rings (SSSR count). The number of carbonyl (C=O) groups excluding carboxylic acids is 1. The highest BCUT2D eigenvalue weighted by atomic mass is 35.5. The summed E-state index contributed by atoms with van der Waals surface area (Å²) in [6.45, 7) is 0. The lowest BCUT2D eigenvalue weighted by molar-refractivity contribution is -0.128. The van der Waals surface area contributed by atoms with E-state index >= 15 is 0 Å². The maximum absolute atomic E-state index is 12.4. The number of aliphatic hydroxyl groups excluding tert-OH is 1. The number of likely N-dealkylation sites (tertiary alicyclic amines) is 1. The maximum Gasteiger partial charge on any atom is 0.223 e. The van der Waals surface area contributed by atoms with Crippen LogP contribution in [0.5, 0.6) is 0 Å². The number of nitrogens with zero attached hydrogens (tertiary/aromatic N) is 1. The van der Waals surface area contributed by atoms with Crippen molar-refractivity contribution in [2.75, 3.05) is 7.05 Å². The normalized spacial score (nSPS) is 20.9. The number of halogens is 1. The van der Waals surface area contributed by atoms with E-state index in [2.05, 4.69) is 0 Å². The molecule has 1 N–H and O–H groups in total. The Bertz CT molecular complexity index is 938. The molecule has 0 saturated carbocycles. The molecule has 1 saturated heterocycles. The molecule has 1 amide bonds. The molecule has 3 atom stereocenters. The van der Waals surface area contributed by atoms with E-state index in [0.29, 0.717) is 11.4 Å². The highest BCUT2D eigenvalue weighted by Gasteiger charge is 2.43. The highest BCUT2D eigenvalue weighted by Crippen LogP contribution is 2.42. The minimum atomic E-state index is -0.724. The van der Waals surface area contributed by atoms with Crippen molar-refractivity contribution < 1.29 is 9.90 Å². The van der Waals surface area contributed by atoms with E-state index in [0.717, 1.165) is 20.9 Å². The van der Waals surface area contributed by atoms with E-state index in [1.54, 1.807) is 23.3 Å². The van der Waals surface area contributed by atoms with Gasteiger partial charge in [0, 0.05) is 34.2 Å². The third kappa shape index (κ3) is 3.53. The Labute approximate surface area is 167 Å². The number of thiophene rings is 1. The second-order valence-corrected chi connectivity index (χ2v) is 8.42. The lowest BCUT2D eigenvalue weighted by Gasteiger charge is -2.29. The number of hydrogen-bond donors (Lipinski definition) is 1. The van der Waals surface area contributed by atoms with E-state index in [-0.39, 0.29) is 17.9 Å². The third-order valence-electron chi connectivity index (χ3n) is 5.25. The predicted octanol–water partition coefficient (Wildman–Crippen LogP) is 5.12. The second kappa shape index (κ2) is 7.47. The first-order valence-electron chi connectivity index (χ1n) is 8.89. The molecule has 2 heterocycles. The lowest BCUT2D eigenvalue weighted by Crippen LogP contribution is -2.36. The van der Waals surface area contributed by atoms with Crippen molar-refractivity contribution in [3.05, 3.63) is 82.2 Å². The first kappa shape index (κ1) is 18.2. The molecule has 3 nitrogen and oxygen atoms in total. The average molecular weight is 398 g/mol. The van der Waals surface area contributed by atoms with Gasteiger partial charge in [0.1, 0.15) is 6.10 Å². The van der Waals surface area contributed by atoms with Gasteiger partial charge >= 0.3 is 0 Å². The molecule has 1 unspecified atom stereocenters. The largest absolute Gasteiger partial charge is 0.385 e. The molecule has 0 bridgehead atoms. The molecule has 1 aromatic heterocycles. The van der Waals surface area contributed by atoms with Crippen molar-refractivity contribution in [1.82, 2.24) is 4.90 Å². The van der Waals surface area contributed by atoms with E-state index in [9.17, 15) is 9.90 Å². The number of rotatable bonds is 4. The summed E-state index contributed by atoms with van der Waals surface area (Å²) in [5.41, 5.74) is 2.16. The number of carbonyl (C=O) groups is 1. The van der Waals surface area contributed by atoms with Crippen molar-refractivity contribution in [2.45, 2.75) is 24.5 Å². The number of aliphatic hydroxyl groups is 1. The van der Waals surface area contributed by atoms with Gasteiger partial charge in [-0.3, -0.25) is 4.79 Å². The summed E-state index contributed by atoms with van der Waals surface area (Å²) in [5.74, 6) is 0.0576. The van der Waals surface area contributed by atoms with Crippen molar-refractivity contribution in [3.8, 4) is 10.4 Å². The molecule has 138 valence electrons. The third-order valence-corrected chi connectivity index (χ3v) is 6.70. The first-order valence-corrected chi connectivity index (χ1v) is 10.1. The predicted molar refractivity (Wildman–Crippen MR) is 110 cm³/mol. The Morgan fingerprint density at radius 3 is 2.48 bits per heavy atom. The van der Waals surface area contributed by atoms with Gasteiger partial charge in [-0.15, -0.1) is 11.3 Å². The number of amides is 1.